The normalized spacial score (nSPS) is 31.6. The quantitative estimate of drug-likeness (QED) is 0.587. The van der Waals surface area contributed by atoms with E-state index in [-0.39, 0.29) is 5.41 Å². The number of aliphatic hydroxyl groups is 1. The van der Waals surface area contributed by atoms with E-state index in [1.165, 1.54) is 45.1 Å². The van der Waals surface area contributed by atoms with Crippen LogP contribution in [-0.4, -0.2) is 72.4 Å². The summed E-state index contributed by atoms with van der Waals surface area (Å²) in [7, 11) is 0. The molecule has 32 heavy (non-hydrogen) atoms. The molecule has 0 unspecified atom stereocenters. The second-order valence-electron chi connectivity index (χ2n) is 11.6. The standard InChI is InChI=1S/C27H50N2O3/c1-4-5-6-9-15-28-16-14-22-18-26(31)29(24-12-7-8-13-24)20-25(30)27(2,3)21-32-17-10-11-23(22)19-28/h22-25,30H,4-21H2,1-3H3/t22-,23-,25-/m0/s1. The molecule has 2 aliphatic heterocycles. The number of β-amino-alcohol motifs (C(OH)–C–C–N with tert-alkyl or cyclic N) is 1. The third-order valence-corrected chi connectivity index (χ3v) is 8.44. The van der Waals surface area contributed by atoms with Gasteiger partial charge < -0.3 is 19.6 Å². The van der Waals surface area contributed by atoms with Crippen LogP contribution in [0.1, 0.15) is 97.8 Å². The Morgan fingerprint density at radius 1 is 1.00 bits per heavy atom. The van der Waals surface area contributed by atoms with Gasteiger partial charge in [0.05, 0.1) is 12.7 Å². The lowest BCUT2D eigenvalue weighted by molar-refractivity contribution is -0.139. The van der Waals surface area contributed by atoms with Crippen LogP contribution in [0.3, 0.4) is 0 Å². The number of rotatable bonds is 6. The van der Waals surface area contributed by atoms with Crippen LogP contribution in [0.25, 0.3) is 0 Å². The van der Waals surface area contributed by atoms with Crippen molar-refractivity contribution in [2.75, 3.05) is 39.4 Å². The Hall–Kier alpha value is -0.650. The maximum atomic E-state index is 13.6. The van der Waals surface area contributed by atoms with E-state index < -0.39 is 6.10 Å². The largest absolute Gasteiger partial charge is 0.391 e. The molecule has 0 radical (unpaired) electrons. The smallest absolute Gasteiger partial charge is 0.223 e. The van der Waals surface area contributed by atoms with Gasteiger partial charge in [0.15, 0.2) is 0 Å². The maximum absolute atomic E-state index is 13.6. The van der Waals surface area contributed by atoms with Crippen molar-refractivity contribution in [1.82, 2.24) is 9.80 Å². The van der Waals surface area contributed by atoms with Gasteiger partial charge in [0.2, 0.25) is 5.91 Å². The van der Waals surface area contributed by atoms with Crippen LogP contribution in [0.15, 0.2) is 0 Å². The monoisotopic (exact) mass is 450 g/mol. The number of hydrogen-bond acceptors (Lipinski definition) is 4. The minimum absolute atomic E-state index is 0.290. The second-order valence-corrected chi connectivity index (χ2v) is 11.6. The molecule has 3 rings (SSSR count). The average molecular weight is 451 g/mol. The Morgan fingerprint density at radius 3 is 2.53 bits per heavy atom. The van der Waals surface area contributed by atoms with E-state index in [4.69, 9.17) is 4.74 Å². The van der Waals surface area contributed by atoms with Gasteiger partial charge in [-0.05, 0) is 63.5 Å². The maximum Gasteiger partial charge on any atom is 0.223 e. The summed E-state index contributed by atoms with van der Waals surface area (Å²) >= 11 is 0. The van der Waals surface area contributed by atoms with E-state index in [9.17, 15) is 9.90 Å². The lowest BCUT2D eigenvalue weighted by Crippen LogP contribution is -2.49. The van der Waals surface area contributed by atoms with Crippen molar-refractivity contribution in [3.05, 3.63) is 0 Å². The zero-order valence-electron chi connectivity index (χ0n) is 21.2. The highest BCUT2D eigenvalue weighted by Crippen LogP contribution is 2.34. The number of amides is 1. The average Bonchev–Trinajstić information content (AvgIpc) is 3.30. The molecule has 1 N–H and O–H groups in total. The Kier molecular flexibility index (Phi) is 10.3. The molecule has 3 aliphatic rings. The summed E-state index contributed by atoms with van der Waals surface area (Å²) in [6.07, 6.45) is 13.3. The third-order valence-electron chi connectivity index (χ3n) is 8.44. The summed E-state index contributed by atoms with van der Waals surface area (Å²) in [5.74, 6) is 1.36. The van der Waals surface area contributed by atoms with Crippen LogP contribution in [0.4, 0.5) is 0 Å². The first-order valence-corrected chi connectivity index (χ1v) is 13.7. The first kappa shape index (κ1) is 26.0. The van der Waals surface area contributed by atoms with Crippen molar-refractivity contribution >= 4 is 5.91 Å². The molecule has 2 saturated heterocycles. The first-order chi connectivity index (χ1) is 15.4. The summed E-state index contributed by atoms with van der Waals surface area (Å²) in [5.41, 5.74) is -0.340. The topological polar surface area (TPSA) is 53.0 Å². The van der Waals surface area contributed by atoms with Gasteiger partial charge in [-0.25, -0.2) is 0 Å². The van der Waals surface area contributed by atoms with Crippen molar-refractivity contribution in [2.45, 2.75) is 110 Å². The fourth-order valence-electron chi connectivity index (χ4n) is 6.04. The van der Waals surface area contributed by atoms with Crippen LogP contribution in [0, 0.1) is 17.3 Å². The molecule has 3 atom stereocenters. The fraction of sp³-hybridized carbons (Fsp3) is 0.963. The third kappa shape index (κ3) is 7.43. The van der Waals surface area contributed by atoms with E-state index in [2.05, 4.69) is 30.6 Å². The molecular weight excluding hydrogens is 400 g/mol. The van der Waals surface area contributed by atoms with Crippen LogP contribution in [-0.2, 0) is 9.53 Å². The van der Waals surface area contributed by atoms with Gasteiger partial charge in [0.1, 0.15) is 0 Å². The van der Waals surface area contributed by atoms with Crippen LogP contribution in [0.2, 0.25) is 0 Å². The summed E-state index contributed by atoms with van der Waals surface area (Å²) in [6.45, 7) is 11.7. The number of nitrogens with zero attached hydrogens (tertiary/aromatic N) is 2. The van der Waals surface area contributed by atoms with Crippen LogP contribution in [0.5, 0.6) is 0 Å². The molecule has 186 valence electrons. The summed E-state index contributed by atoms with van der Waals surface area (Å²) in [4.78, 5) is 18.3. The first-order valence-electron chi connectivity index (χ1n) is 13.7. The van der Waals surface area contributed by atoms with E-state index >= 15 is 0 Å². The second kappa shape index (κ2) is 12.7. The zero-order valence-corrected chi connectivity index (χ0v) is 21.2. The van der Waals surface area contributed by atoms with E-state index in [1.54, 1.807) is 0 Å². The minimum atomic E-state index is -0.548. The minimum Gasteiger partial charge on any atom is -0.391 e. The van der Waals surface area contributed by atoms with E-state index in [1.807, 2.05) is 0 Å². The number of ether oxygens (including phenoxy) is 1. The predicted molar refractivity (Wildman–Crippen MR) is 131 cm³/mol. The van der Waals surface area contributed by atoms with E-state index in [0.29, 0.717) is 43.4 Å². The molecule has 0 aromatic rings. The van der Waals surface area contributed by atoms with Gasteiger partial charge in [-0.15, -0.1) is 0 Å². The molecule has 5 nitrogen and oxygen atoms in total. The van der Waals surface area contributed by atoms with Gasteiger partial charge >= 0.3 is 0 Å². The number of carbonyl (C=O) groups is 1. The molecule has 1 amide bonds. The lowest BCUT2D eigenvalue weighted by Gasteiger charge is -2.40. The summed E-state index contributed by atoms with van der Waals surface area (Å²) < 4.78 is 6.04. The van der Waals surface area contributed by atoms with Crippen LogP contribution >= 0.6 is 0 Å². The molecule has 0 spiro atoms. The van der Waals surface area contributed by atoms with Crippen molar-refractivity contribution in [1.29, 1.82) is 0 Å². The SMILES string of the molecule is CCCCCCN1CC[C@H]2CC(=O)N(C3CCCC3)C[C@H](O)C(C)(C)COCCC[C@H]2C1. The van der Waals surface area contributed by atoms with Gasteiger partial charge in [-0.3, -0.25) is 4.79 Å². The van der Waals surface area contributed by atoms with Gasteiger partial charge in [0.25, 0.3) is 0 Å². The highest BCUT2D eigenvalue weighted by molar-refractivity contribution is 5.77. The molecule has 1 saturated carbocycles. The Morgan fingerprint density at radius 2 is 1.78 bits per heavy atom. The summed E-state index contributed by atoms with van der Waals surface area (Å²) in [6, 6.07) is 0.316. The molecule has 2 heterocycles. The predicted octanol–water partition coefficient (Wildman–Crippen LogP) is 4.86. The number of piperidine rings is 1. The molecule has 0 aromatic heterocycles. The number of aliphatic hydroxyl groups excluding tert-OH is 1. The number of fused-ring (bicyclic) bond motifs is 1. The molecular formula is C27H50N2O3. The van der Waals surface area contributed by atoms with Crippen molar-refractivity contribution in [2.24, 2.45) is 17.3 Å². The molecule has 1 aliphatic carbocycles. The zero-order chi connectivity index (χ0) is 23.0. The fourth-order valence-corrected chi connectivity index (χ4v) is 6.04. The number of likely N-dealkylation sites (tertiary alicyclic amines) is 1. The highest BCUT2D eigenvalue weighted by Gasteiger charge is 2.37. The Bertz CT molecular complexity index is 561. The molecule has 0 bridgehead atoms. The molecule has 5 heteroatoms. The summed E-state index contributed by atoms with van der Waals surface area (Å²) in [5, 5.41) is 11.0. The Labute approximate surface area is 197 Å². The lowest BCUT2D eigenvalue weighted by atomic mass is 9.80. The van der Waals surface area contributed by atoms with Crippen molar-refractivity contribution in [3.63, 3.8) is 0 Å². The van der Waals surface area contributed by atoms with Gasteiger partial charge in [0, 0.05) is 37.6 Å². The van der Waals surface area contributed by atoms with E-state index in [0.717, 1.165) is 51.8 Å². The molecule has 3 fully saturated rings. The Balaban J connectivity index is 1.68. The molecule has 0 aromatic carbocycles. The number of unbranched alkanes of at least 4 members (excludes halogenated alkanes) is 3. The highest BCUT2D eigenvalue weighted by atomic mass is 16.5. The van der Waals surface area contributed by atoms with Crippen molar-refractivity contribution < 1.29 is 14.6 Å². The number of carbonyl (C=O) groups excluding carboxylic acids is 1. The van der Waals surface area contributed by atoms with Crippen molar-refractivity contribution in [3.8, 4) is 0 Å². The van der Waals surface area contributed by atoms with Gasteiger partial charge in [-0.2, -0.15) is 0 Å². The van der Waals surface area contributed by atoms with Gasteiger partial charge in [-0.1, -0.05) is 52.9 Å². The van der Waals surface area contributed by atoms with Crippen LogP contribution < -0.4 is 0 Å². The number of hydrogen-bond donors (Lipinski definition) is 1.